The summed E-state index contributed by atoms with van der Waals surface area (Å²) in [5.74, 6) is 0. The molecule has 3 rings (SSSR count). The lowest BCUT2D eigenvalue weighted by molar-refractivity contribution is 0.331. The van der Waals surface area contributed by atoms with Crippen molar-refractivity contribution in [1.29, 1.82) is 0 Å². The molecule has 0 radical (unpaired) electrons. The predicted molar refractivity (Wildman–Crippen MR) is 83.7 cm³/mol. The largest absolute Gasteiger partial charge is 0.313 e. The maximum atomic E-state index is 4.15. The Bertz CT molecular complexity index is 547. The van der Waals surface area contributed by atoms with Crippen LogP contribution in [-0.2, 0) is 6.54 Å². The first-order chi connectivity index (χ1) is 9.92. The van der Waals surface area contributed by atoms with Crippen LogP contribution in [-0.4, -0.2) is 36.1 Å². The zero-order valence-corrected chi connectivity index (χ0v) is 12.0. The molecule has 0 spiro atoms. The number of benzene rings is 1. The van der Waals surface area contributed by atoms with Crippen molar-refractivity contribution in [3.8, 4) is 0 Å². The van der Waals surface area contributed by atoms with Gasteiger partial charge in [-0.15, -0.1) is 0 Å². The summed E-state index contributed by atoms with van der Waals surface area (Å²) in [6, 6.07) is 8.68. The van der Waals surface area contributed by atoms with Crippen LogP contribution in [0, 0.1) is 0 Å². The zero-order valence-electron chi connectivity index (χ0n) is 12.0. The predicted octanol–water partition coefficient (Wildman–Crippen LogP) is 2.81. The molecule has 2 aromatic rings. The lowest BCUT2D eigenvalue weighted by Gasteiger charge is -2.14. The van der Waals surface area contributed by atoms with Crippen LogP contribution in [0.3, 0.4) is 0 Å². The average Bonchev–Trinajstić information content (AvgIpc) is 3.00. The van der Waals surface area contributed by atoms with Crippen LogP contribution in [0.15, 0.2) is 36.7 Å². The Hall–Kier alpha value is -1.45. The summed E-state index contributed by atoms with van der Waals surface area (Å²) >= 11 is 0. The lowest BCUT2D eigenvalue weighted by Crippen LogP contribution is -2.24. The van der Waals surface area contributed by atoms with Crippen LogP contribution in [0.4, 0.5) is 0 Å². The van der Waals surface area contributed by atoms with Gasteiger partial charge in [-0.05, 0) is 68.5 Å². The molecule has 0 amide bonds. The van der Waals surface area contributed by atoms with Crippen LogP contribution in [0.25, 0.3) is 10.8 Å². The van der Waals surface area contributed by atoms with E-state index in [1.807, 2.05) is 12.4 Å². The zero-order chi connectivity index (χ0) is 13.6. The van der Waals surface area contributed by atoms with Gasteiger partial charge in [-0.2, -0.15) is 0 Å². The lowest BCUT2D eigenvalue weighted by atomic mass is 10.1. The third-order valence-electron chi connectivity index (χ3n) is 4.06. The van der Waals surface area contributed by atoms with E-state index in [0.29, 0.717) is 0 Å². The van der Waals surface area contributed by atoms with Crippen molar-refractivity contribution in [2.75, 3.05) is 26.2 Å². The number of hydrogen-bond acceptors (Lipinski definition) is 3. The minimum absolute atomic E-state index is 0.957. The van der Waals surface area contributed by atoms with Crippen LogP contribution in [0.5, 0.6) is 0 Å². The number of nitrogens with one attached hydrogen (secondary N) is 1. The highest BCUT2D eigenvalue weighted by molar-refractivity contribution is 5.81. The van der Waals surface area contributed by atoms with Gasteiger partial charge in [-0.1, -0.05) is 12.1 Å². The highest BCUT2D eigenvalue weighted by atomic mass is 15.1. The van der Waals surface area contributed by atoms with Gasteiger partial charge in [0.2, 0.25) is 0 Å². The molecule has 1 aliphatic heterocycles. The van der Waals surface area contributed by atoms with E-state index in [9.17, 15) is 0 Å². The third kappa shape index (κ3) is 3.56. The van der Waals surface area contributed by atoms with Gasteiger partial charge in [0.15, 0.2) is 0 Å². The maximum Gasteiger partial charge on any atom is 0.0346 e. The van der Waals surface area contributed by atoms with E-state index in [2.05, 4.69) is 39.5 Å². The standard InChI is InChI=1S/C17H23N3/c1-2-10-20(9-1)11-3-7-18-13-15-4-5-17-14-19-8-6-16(17)12-15/h4-6,8,12,14,18H,1-3,7,9-11,13H2. The number of fused-ring (bicyclic) bond motifs is 1. The summed E-state index contributed by atoms with van der Waals surface area (Å²) in [5.41, 5.74) is 1.35. The number of nitrogens with zero attached hydrogens (tertiary/aromatic N) is 2. The van der Waals surface area contributed by atoms with E-state index in [1.54, 1.807) is 0 Å². The van der Waals surface area contributed by atoms with E-state index in [-0.39, 0.29) is 0 Å². The topological polar surface area (TPSA) is 28.2 Å². The quantitative estimate of drug-likeness (QED) is 0.817. The molecule has 20 heavy (non-hydrogen) atoms. The summed E-state index contributed by atoms with van der Waals surface area (Å²) in [6.07, 6.45) is 7.80. The highest BCUT2D eigenvalue weighted by Gasteiger charge is 2.09. The van der Waals surface area contributed by atoms with Gasteiger partial charge < -0.3 is 10.2 Å². The average molecular weight is 269 g/mol. The Morgan fingerprint density at radius 2 is 2.00 bits per heavy atom. The number of rotatable bonds is 6. The Morgan fingerprint density at radius 3 is 2.90 bits per heavy atom. The number of likely N-dealkylation sites (tertiary alicyclic amines) is 1. The summed E-state index contributed by atoms with van der Waals surface area (Å²) < 4.78 is 0. The van der Waals surface area contributed by atoms with Crippen LogP contribution in [0.2, 0.25) is 0 Å². The smallest absolute Gasteiger partial charge is 0.0346 e. The second kappa shape index (κ2) is 6.82. The van der Waals surface area contributed by atoms with Gasteiger partial charge >= 0.3 is 0 Å². The van der Waals surface area contributed by atoms with Gasteiger partial charge in [0, 0.05) is 24.3 Å². The Labute approximate surface area is 121 Å². The molecule has 106 valence electrons. The summed E-state index contributed by atoms with van der Waals surface area (Å²) in [7, 11) is 0. The monoisotopic (exact) mass is 269 g/mol. The second-order valence-corrected chi connectivity index (χ2v) is 5.64. The second-order valence-electron chi connectivity index (χ2n) is 5.64. The fourth-order valence-corrected chi connectivity index (χ4v) is 2.91. The van der Waals surface area contributed by atoms with Gasteiger partial charge in [-0.25, -0.2) is 0 Å². The van der Waals surface area contributed by atoms with Crippen LogP contribution >= 0.6 is 0 Å². The molecule has 0 saturated carbocycles. The third-order valence-corrected chi connectivity index (χ3v) is 4.06. The van der Waals surface area contributed by atoms with Crippen molar-refractivity contribution < 1.29 is 0 Å². The maximum absolute atomic E-state index is 4.15. The minimum atomic E-state index is 0.957. The minimum Gasteiger partial charge on any atom is -0.313 e. The highest BCUT2D eigenvalue weighted by Crippen LogP contribution is 2.14. The van der Waals surface area contributed by atoms with Gasteiger partial charge in [0.1, 0.15) is 0 Å². The van der Waals surface area contributed by atoms with E-state index >= 15 is 0 Å². The van der Waals surface area contributed by atoms with Crippen molar-refractivity contribution in [3.05, 3.63) is 42.2 Å². The summed E-state index contributed by atoms with van der Waals surface area (Å²) in [5, 5.41) is 6.04. The first-order valence-corrected chi connectivity index (χ1v) is 7.67. The normalized spacial score (nSPS) is 16.0. The van der Waals surface area contributed by atoms with Gasteiger partial charge in [-0.3, -0.25) is 4.98 Å². The molecule has 1 aromatic heterocycles. The molecule has 1 aliphatic rings. The summed E-state index contributed by atoms with van der Waals surface area (Å²) in [6.45, 7) is 5.91. The molecule has 3 nitrogen and oxygen atoms in total. The first-order valence-electron chi connectivity index (χ1n) is 7.67. The van der Waals surface area contributed by atoms with Gasteiger partial charge in [0.05, 0.1) is 0 Å². The van der Waals surface area contributed by atoms with E-state index in [0.717, 1.165) is 13.1 Å². The number of hydrogen-bond donors (Lipinski definition) is 1. The molecule has 1 aromatic carbocycles. The molecule has 0 aliphatic carbocycles. The van der Waals surface area contributed by atoms with Crippen molar-refractivity contribution in [2.45, 2.75) is 25.8 Å². The molecule has 1 N–H and O–H groups in total. The fourth-order valence-electron chi connectivity index (χ4n) is 2.91. The Kier molecular flexibility index (Phi) is 4.61. The molecular weight excluding hydrogens is 246 g/mol. The molecule has 2 heterocycles. The molecule has 1 saturated heterocycles. The molecule has 0 atom stereocenters. The van der Waals surface area contributed by atoms with Crippen molar-refractivity contribution in [3.63, 3.8) is 0 Å². The van der Waals surface area contributed by atoms with Crippen LogP contribution < -0.4 is 5.32 Å². The summed E-state index contributed by atoms with van der Waals surface area (Å²) in [4.78, 5) is 6.72. The number of pyridine rings is 1. The van der Waals surface area contributed by atoms with Crippen LogP contribution in [0.1, 0.15) is 24.8 Å². The molecule has 3 heteroatoms. The van der Waals surface area contributed by atoms with E-state index in [4.69, 9.17) is 0 Å². The van der Waals surface area contributed by atoms with Crippen molar-refractivity contribution >= 4 is 10.8 Å². The van der Waals surface area contributed by atoms with Gasteiger partial charge in [0.25, 0.3) is 0 Å². The van der Waals surface area contributed by atoms with Crippen molar-refractivity contribution in [2.24, 2.45) is 0 Å². The first kappa shape index (κ1) is 13.5. The molecular formula is C17H23N3. The Balaban J connectivity index is 1.42. The number of aromatic nitrogens is 1. The van der Waals surface area contributed by atoms with Crippen molar-refractivity contribution in [1.82, 2.24) is 15.2 Å². The SMILES string of the molecule is c1cc2cc(CNCCCN3CCCC3)ccc2cn1. The molecule has 0 bridgehead atoms. The fraction of sp³-hybridized carbons (Fsp3) is 0.471. The molecule has 1 fully saturated rings. The Morgan fingerprint density at radius 1 is 1.10 bits per heavy atom. The molecule has 0 unspecified atom stereocenters. The van der Waals surface area contributed by atoms with E-state index in [1.165, 1.54) is 55.2 Å². The van der Waals surface area contributed by atoms with E-state index < -0.39 is 0 Å².